The number of fused-ring (bicyclic) bond motifs is 2. The predicted molar refractivity (Wildman–Crippen MR) is 126 cm³/mol. The summed E-state index contributed by atoms with van der Waals surface area (Å²) in [6, 6.07) is 13.4. The van der Waals surface area contributed by atoms with Crippen LogP contribution in [0.15, 0.2) is 66.8 Å². The summed E-state index contributed by atoms with van der Waals surface area (Å²) in [7, 11) is 1.47. The molecule has 176 valence electrons. The Kier molecular flexibility index (Phi) is 6.26. The molecule has 1 unspecified atom stereocenters. The lowest BCUT2D eigenvalue weighted by atomic mass is 9.82. The highest BCUT2D eigenvalue weighted by Gasteiger charge is 2.66. The first-order valence-electron chi connectivity index (χ1n) is 11.0. The minimum atomic E-state index is -1.81. The van der Waals surface area contributed by atoms with Gasteiger partial charge in [-0.2, -0.15) is 0 Å². The fourth-order valence-electron chi connectivity index (χ4n) is 4.68. The molecule has 0 bridgehead atoms. The van der Waals surface area contributed by atoms with Gasteiger partial charge in [0.2, 0.25) is 0 Å². The number of rotatable bonds is 8. The summed E-state index contributed by atoms with van der Waals surface area (Å²) in [6.45, 7) is 6.33. The number of anilines is 1. The molecule has 34 heavy (non-hydrogen) atoms. The maximum absolute atomic E-state index is 14.1. The SMILES string of the molecule is C=CCN1C(=O)C2(/C(=C(\O)c3ccc(OCC)cc3)C(=O)C(=O)N2CCOC)c2ccccc21. The van der Waals surface area contributed by atoms with Gasteiger partial charge in [-0.3, -0.25) is 14.4 Å². The average Bonchev–Trinajstić information content (AvgIpc) is 3.22. The highest BCUT2D eigenvalue weighted by atomic mass is 16.5. The molecule has 2 aromatic carbocycles. The third-order valence-corrected chi connectivity index (χ3v) is 6.08. The minimum Gasteiger partial charge on any atom is -0.507 e. The molecular weight excluding hydrogens is 436 g/mol. The lowest BCUT2D eigenvalue weighted by Gasteiger charge is -2.34. The number of ether oxygens (including phenoxy) is 2. The van der Waals surface area contributed by atoms with Crippen LogP contribution in [0.25, 0.3) is 5.76 Å². The number of nitrogens with zero attached hydrogens (tertiary/aromatic N) is 2. The van der Waals surface area contributed by atoms with Gasteiger partial charge in [0.15, 0.2) is 5.54 Å². The van der Waals surface area contributed by atoms with Gasteiger partial charge in [0.1, 0.15) is 11.5 Å². The van der Waals surface area contributed by atoms with Crippen molar-refractivity contribution in [1.82, 2.24) is 4.90 Å². The maximum atomic E-state index is 14.1. The summed E-state index contributed by atoms with van der Waals surface area (Å²) in [5, 5.41) is 11.4. The van der Waals surface area contributed by atoms with Crippen LogP contribution in [-0.4, -0.2) is 61.0 Å². The van der Waals surface area contributed by atoms with E-state index in [0.717, 1.165) is 0 Å². The Balaban J connectivity index is 2.00. The smallest absolute Gasteiger partial charge is 0.296 e. The second kappa shape index (κ2) is 9.15. The van der Waals surface area contributed by atoms with Crippen LogP contribution in [-0.2, 0) is 24.7 Å². The van der Waals surface area contributed by atoms with E-state index in [9.17, 15) is 19.5 Å². The van der Waals surface area contributed by atoms with Gasteiger partial charge in [-0.15, -0.1) is 6.58 Å². The number of aliphatic hydroxyl groups excluding tert-OH is 1. The van der Waals surface area contributed by atoms with Crippen molar-refractivity contribution < 1.29 is 29.0 Å². The van der Waals surface area contributed by atoms with Gasteiger partial charge in [0, 0.05) is 31.3 Å². The van der Waals surface area contributed by atoms with Gasteiger partial charge in [-0.05, 0) is 37.3 Å². The van der Waals surface area contributed by atoms with E-state index in [-0.39, 0.29) is 25.3 Å². The first-order chi connectivity index (χ1) is 16.4. The third kappa shape index (κ3) is 3.30. The number of methoxy groups -OCH3 is 1. The zero-order valence-corrected chi connectivity index (χ0v) is 19.1. The number of likely N-dealkylation sites (tertiary alicyclic amines) is 1. The number of Topliss-reactive ketones (excluding diaryl/α,β-unsaturated/α-hetero) is 1. The van der Waals surface area contributed by atoms with E-state index >= 15 is 0 Å². The van der Waals surface area contributed by atoms with Crippen LogP contribution in [0.3, 0.4) is 0 Å². The van der Waals surface area contributed by atoms with Gasteiger partial charge < -0.3 is 24.4 Å². The van der Waals surface area contributed by atoms with Gasteiger partial charge >= 0.3 is 0 Å². The quantitative estimate of drug-likeness (QED) is 0.281. The molecule has 2 aromatic rings. The van der Waals surface area contributed by atoms with E-state index in [1.807, 2.05) is 6.92 Å². The number of carbonyl (C=O) groups is 3. The summed E-state index contributed by atoms with van der Waals surface area (Å²) in [6.07, 6.45) is 1.57. The van der Waals surface area contributed by atoms with E-state index in [1.165, 1.54) is 16.9 Å². The molecule has 0 aromatic heterocycles. The molecule has 0 saturated carbocycles. The van der Waals surface area contributed by atoms with Gasteiger partial charge in [-0.1, -0.05) is 24.3 Å². The van der Waals surface area contributed by atoms with Gasteiger partial charge in [0.05, 0.1) is 24.5 Å². The van der Waals surface area contributed by atoms with Crippen LogP contribution in [0, 0.1) is 0 Å². The molecular formula is C26H26N2O6. The summed E-state index contributed by atoms with van der Waals surface area (Å²) >= 11 is 0. The topological polar surface area (TPSA) is 96.4 Å². The first kappa shape index (κ1) is 23.3. The molecule has 2 amide bonds. The fraction of sp³-hybridized carbons (Fsp3) is 0.269. The van der Waals surface area contributed by atoms with E-state index in [4.69, 9.17) is 9.47 Å². The second-order valence-corrected chi connectivity index (χ2v) is 7.89. The highest BCUT2D eigenvalue weighted by Crippen LogP contribution is 2.53. The number of para-hydroxylation sites is 1. The summed E-state index contributed by atoms with van der Waals surface area (Å²) < 4.78 is 10.6. The van der Waals surface area contributed by atoms with Crippen molar-refractivity contribution in [3.05, 3.63) is 77.9 Å². The third-order valence-electron chi connectivity index (χ3n) is 6.08. The molecule has 1 saturated heterocycles. The Morgan fingerprint density at radius 1 is 1.12 bits per heavy atom. The fourth-order valence-corrected chi connectivity index (χ4v) is 4.68. The molecule has 0 radical (unpaired) electrons. The Hall–Kier alpha value is -3.91. The predicted octanol–water partition coefficient (Wildman–Crippen LogP) is 2.84. The van der Waals surface area contributed by atoms with E-state index in [2.05, 4.69) is 6.58 Å². The van der Waals surface area contributed by atoms with E-state index in [1.54, 1.807) is 54.6 Å². The van der Waals surface area contributed by atoms with Gasteiger partial charge in [-0.25, -0.2) is 0 Å². The largest absolute Gasteiger partial charge is 0.507 e. The van der Waals surface area contributed by atoms with Crippen LogP contribution in [0.4, 0.5) is 5.69 Å². The molecule has 1 N–H and O–H groups in total. The van der Waals surface area contributed by atoms with Crippen molar-refractivity contribution in [2.75, 3.05) is 38.3 Å². The van der Waals surface area contributed by atoms with Crippen LogP contribution < -0.4 is 9.64 Å². The molecule has 8 heteroatoms. The second-order valence-electron chi connectivity index (χ2n) is 7.89. The van der Waals surface area contributed by atoms with Crippen molar-refractivity contribution in [2.45, 2.75) is 12.5 Å². The minimum absolute atomic E-state index is 0.0108. The lowest BCUT2D eigenvalue weighted by Crippen LogP contribution is -2.52. The number of benzene rings is 2. The zero-order chi connectivity index (χ0) is 24.5. The standard InChI is InChI=1S/C26H26N2O6/c1-4-14-27-20-9-7-6-8-19(20)26(25(27)32)21(23(30)24(31)28(26)15-16-33-3)22(29)17-10-12-18(13-11-17)34-5-2/h4,6-13,29H,1,5,14-16H2,2-3H3/b22-21-. The molecule has 1 atom stereocenters. The van der Waals surface area contributed by atoms with Crippen LogP contribution >= 0.6 is 0 Å². The Labute approximate surface area is 197 Å². The van der Waals surface area contributed by atoms with Crippen LogP contribution in [0.5, 0.6) is 5.75 Å². The van der Waals surface area contributed by atoms with Crippen LogP contribution in [0.1, 0.15) is 18.1 Å². The van der Waals surface area contributed by atoms with Crippen molar-refractivity contribution >= 4 is 29.0 Å². The highest BCUT2D eigenvalue weighted by molar-refractivity contribution is 6.50. The lowest BCUT2D eigenvalue weighted by molar-refractivity contribution is -0.144. The Morgan fingerprint density at radius 3 is 2.47 bits per heavy atom. The average molecular weight is 463 g/mol. The van der Waals surface area contributed by atoms with Crippen LogP contribution in [0.2, 0.25) is 0 Å². The molecule has 2 heterocycles. The van der Waals surface area contributed by atoms with E-state index in [0.29, 0.717) is 29.2 Å². The molecule has 0 aliphatic carbocycles. The number of hydrogen-bond acceptors (Lipinski definition) is 6. The summed E-state index contributed by atoms with van der Waals surface area (Å²) in [5.41, 5.74) is -0.782. The van der Waals surface area contributed by atoms with Crippen molar-refractivity contribution in [1.29, 1.82) is 0 Å². The number of carbonyl (C=O) groups excluding carboxylic acids is 3. The normalized spacial score (nSPS) is 20.8. The summed E-state index contributed by atoms with van der Waals surface area (Å²) in [5.74, 6) is -2.13. The van der Waals surface area contributed by atoms with E-state index < -0.39 is 28.9 Å². The maximum Gasteiger partial charge on any atom is 0.296 e. The number of hydrogen-bond donors (Lipinski definition) is 1. The molecule has 1 fully saturated rings. The number of aliphatic hydroxyl groups is 1. The van der Waals surface area contributed by atoms with Crippen molar-refractivity contribution in [2.24, 2.45) is 0 Å². The number of ketones is 1. The number of amides is 2. The molecule has 8 nitrogen and oxygen atoms in total. The molecule has 2 aliphatic rings. The first-order valence-corrected chi connectivity index (χ1v) is 11.0. The zero-order valence-electron chi connectivity index (χ0n) is 19.1. The molecule has 4 rings (SSSR count). The Bertz CT molecular complexity index is 1190. The van der Waals surface area contributed by atoms with Crippen molar-refractivity contribution in [3.63, 3.8) is 0 Å². The molecule has 1 spiro atoms. The Morgan fingerprint density at radius 2 is 1.82 bits per heavy atom. The molecule has 2 aliphatic heterocycles. The van der Waals surface area contributed by atoms with Gasteiger partial charge in [0.25, 0.3) is 17.6 Å². The van der Waals surface area contributed by atoms with Crippen molar-refractivity contribution in [3.8, 4) is 5.75 Å². The monoisotopic (exact) mass is 462 g/mol. The summed E-state index contributed by atoms with van der Waals surface area (Å²) in [4.78, 5) is 43.4.